The summed E-state index contributed by atoms with van der Waals surface area (Å²) in [6, 6.07) is 6.69. The lowest BCUT2D eigenvalue weighted by Crippen LogP contribution is -2.09. The molecule has 0 bridgehead atoms. The van der Waals surface area contributed by atoms with Crippen molar-refractivity contribution in [1.82, 2.24) is 0 Å². The van der Waals surface area contributed by atoms with Crippen molar-refractivity contribution in [3.8, 4) is 5.75 Å². The molecule has 0 aromatic heterocycles. The molecule has 20 heavy (non-hydrogen) atoms. The van der Waals surface area contributed by atoms with Gasteiger partial charge in [-0.1, -0.05) is 6.07 Å². The van der Waals surface area contributed by atoms with Gasteiger partial charge in [-0.15, -0.1) is 0 Å². The summed E-state index contributed by atoms with van der Waals surface area (Å²) in [5.41, 5.74) is 6.41. The van der Waals surface area contributed by atoms with Gasteiger partial charge in [0.05, 0.1) is 0 Å². The molecule has 0 amide bonds. The van der Waals surface area contributed by atoms with Crippen LogP contribution in [-0.2, 0) is 6.61 Å². The number of ether oxygens (including phenoxy) is 1. The normalized spacial score (nSPS) is 12.2. The molecule has 0 saturated carbocycles. The fourth-order valence-corrected chi connectivity index (χ4v) is 1.82. The first-order chi connectivity index (χ1) is 9.47. The first-order valence-corrected chi connectivity index (χ1v) is 6.09. The number of nitrogens with two attached hydrogens (primary N) is 1. The number of hydrogen-bond acceptors (Lipinski definition) is 2. The first-order valence-electron chi connectivity index (χ1n) is 6.09. The third-order valence-electron chi connectivity index (χ3n) is 2.86. The van der Waals surface area contributed by atoms with Crippen LogP contribution >= 0.6 is 0 Å². The van der Waals surface area contributed by atoms with Crippen molar-refractivity contribution in [2.24, 2.45) is 5.73 Å². The topological polar surface area (TPSA) is 35.2 Å². The van der Waals surface area contributed by atoms with Gasteiger partial charge in [0.1, 0.15) is 29.8 Å². The van der Waals surface area contributed by atoms with E-state index in [2.05, 4.69) is 0 Å². The molecule has 0 aliphatic carbocycles. The Morgan fingerprint density at radius 1 is 1.05 bits per heavy atom. The van der Waals surface area contributed by atoms with Gasteiger partial charge in [-0.3, -0.25) is 0 Å². The Labute approximate surface area is 115 Å². The molecular formula is C15H14F3NO. The molecule has 0 unspecified atom stereocenters. The largest absolute Gasteiger partial charge is 0.488 e. The highest BCUT2D eigenvalue weighted by atomic mass is 19.1. The molecule has 0 heterocycles. The predicted octanol–water partition coefficient (Wildman–Crippen LogP) is 3.70. The van der Waals surface area contributed by atoms with Crippen LogP contribution in [0.15, 0.2) is 36.4 Å². The summed E-state index contributed by atoms with van der Waals surface area (Å²) < 4.78 is 45.1. The second kappa shape index (κ2) is 5.96. The zero-order valence-electron chi connectivity index (χ0n) is 10.9. The predicted molar refractivity (Wildman–Crippen MR) is 69.7 cm³/mol. The molecular weight excluding hydrogens is 267 g/mol. The molecule has 0 radical (unpaired) electrons. The van der Waals surface area contributed by atoms with Gasteiger partial charge in [-0.05, 0) is 31.2 Å². The van der Waals surface area contributed by atoms with Crippen molar-refractivity contribution in [2.75, 3.05) is 0 Å². The van der Waals surface area contributed by atoms with Gasteiger partial charge in [0, 0.05) is 23.2 Å². The van der Waals surface area contributed by atoms with Gasteiger partial charge >= 0.3 is 0 Å². The summed E-state index contributed by atoms with van der Waals surface area (Å²) in [4.78, 5) is 0. The Bertz CT molecular complexity index is 614. The first kappa shape index (κ1) is 14.4. The number of rotatable bonds is 4. The van der Waals surface area contributed by atoms with E-state index in [0.717, 1.165) is 18.2 Å². The molecule has 2 N–H and O–H groups in total. The van der Waals surface area contributed by atoms with Crippen molar-refractivity contribution in [1.29, 1.82) is 0 Å². The van der Waals surface area contributed by atoms with Crippen molar-refractivity contribution in [3.63, 3.8) is 0 Å². The van der Waals surface area contributed by atoms with Crippen LogP contribution in [0.4, 0.5) is 13.2 Å². The fourth-order valence-electron chi connectivity index (χ4n) is 1.82. The molecule has 2 nitrogen and oxygen atoms in total. The van der Waals surface area contributed by atoms with Crippen LogP contribution in [0.5, 0.6) is 5.75 Å². The van der Waals surface area contributed by atoms with E-state index in [4.69, 9.17) is 10.5 Å². The standard InChI is InChI=1S/C15H14F3NO/c1-9(19)13-4-2-12(17)7-15(13)20-8-10-6-11(16)3-5-14(10)18/h2-7,9H,8,19H2,1H3/t9-/m1/s1. The summed E-state index contributed by atoms with van der Waals surface area (Å²) in [5.74, 6) is -1.39. The molecule has 0 aliphatic rings. The van der Waals surface area contributed by atoms with Crippen LogP contribution in [0.25, 0.3) is 0 Å². The van der Waals surface area contributed by atoms with E-state index >= 15 is 0 Å². The van der Waals surface area contributed by atoms with E-state index in [1.165, 1.54) is 18.2 Å². The SMILES string of the molecule is C[C@@H](N)c1ccc(F)cc1OCc1cc(F)ccc1F. The number of hydrogen-bond donors (Lipinski definition) is 1. The molecule has 0 aliphatic heterocycles. The zero-order chi connectivity index (χ0) is 14.7. The number of benzene rings is 2. The molecule has 0 fully saturated rings. The van der Waals surface area contributed by atoms with E-state index < -0.39 is 17.5 Å². The quantitative estimate of drug-likeness (QED) is 0.927. The Balaban J connectivity index is 2.22. The Morgan fingerprint density at radius 2 is 1.70 bits per heavy atom. The Kier molecular flexibility index (Phi) is 4.29. The van der Waals surface area contributed by atoms with Crippen molar-refractivity contribution < 1.29 is 17.9 Å². The third-order valence-corrected chi connectivity index (χ3v) is 2.86. The molecule has 106 valence electrons. The van der Waals surface area contributed by atoms with E-state index in [9.17, 15) is 13.2 Å². The summed E-state index contributed by atoms with van der Waals surface area (Å²) in [5, 5.41) is 0. The van der Waals surface area contributed by atoms with Gasteiger partial charge in [-0.2, -0.15) is 0 Å². The molecule has 5 heteroatoms. The maximum atomic E-state index is 13.5. The molecule has 0 saturated heterocycles. The van der Waals surface area contributed by atoms with Crippen molar-refractivity contribution in [2.45, 2.75) is 19.6 Å². The summed E-state index contributed by atoms with van der Waals surface area (Å²) >= 11 is 0. The average Bonchev–Trinajstić information content (AvgIpc) is 2.39. The maximum Gasteiger partial charge on any atom is 0.130 e. The fraction of sp³-hybridized carbons (Fsp3) is 0.200. The smallest absolute Gasteiger partial charge is 0.130 e. The van der Waals surface area contributed by atoms with Gasteiger partial charge in [0.25, 0.3) is 0 Å². The highest BCUT2D eigenvalue weighted by Crippen LogP contribution is 2.26. The minimum atomic E-state index is -0.579. The highest BCUT2D eigenvalue weighted by molar-refractivity contribution is 5.36. The second-order valence-corrected chi connectivity index (χ2v) is 4.50. The van der Waals surface area contributed by atoms with Crippen LogP contribution in [0, 0.1) is 17.5 Å². The zero-order valence-corrected chi connectivity index (χ0v) is 10.9. The molecule has 1 atom stereocenters. The summed E-state index contributed by atoms with van der Waals surface area (Å²) in [6.07, 6.45) is 0. The highest BCUT2D eigenvalue weighted by Gasteiger charge is 2.11. The third kappa shape index (κ3) is 3.30. The molecule has 2 aromatic carbocycles. The Morgan fingerprint density at radius 3 is 2.40 bits per heavy atom. The van der Waals surface area contributed by atoms with Crippen LogP contribution < -0.4 is 10.5 Å². The lowest BCUT2D eigenvalue weighted by Gasteiger charge is -2.14. The van der Waals surface area contributed by atoms with Crippen LogP contribution in [0.1, 0.15) is 24.1 Å². The second-order valence-electron chi connectivity index (χ2n) is 4.50. The number of halogens is 3. The lowest BCUT2D eigenvalue weighted by atomic mass is 10.1. The van der Waals surface area contributed by atoms with Gasteiger partial charge in [0.15, 0.2) is 0 Å². The summed E-state index contributed by atoms with van der Waals surface area (Å²) in [6.45, 7) is 1.52. The average molecular weight is 281 g/mol. The monoisotopic (exact) mass is 281 g/mol. The van der Waals surface area contributed by atoms with Gasteiger partial charge in [0.2, 0.25) is 0 Å². The van der Waals surface area contributed by atoms with E-state index in [-0.39, 0.29) is 24.0 Å². The van der Waals surface area contributed by atoms with E-state index in [1.807, 2.05) is 0 Å². The van der Waals surface area contributed by atoms with Crippen LogP contribution in [0.3, 0.4) is 0 Å². The Hall–Kier alpha value is -2.01. The lowest BCUT2D eigenvalue weighted by molar-refractivity contribution is 0.293. The van der Waals surface area contributed by atoms with Crippen molar-refractivity contribution in [3.05, 3.63) is 65.0 Å². The maximum absolute atomic E-state index is 13.5. The van der Waals surface area contributed by atoms with E-state index in [1.54, 1.807) is 6.92 Å². The minimum absolute atomic E-state index is 0.0601. The molecule has 2 rings (SSSR count). The van der Waals surface area contributed by atoms with Gasteiger partial charge in [-0.25, -0.2) is 13.2 Å². The van der Waals surface area contributed by atoms with Crippen molar-refractivity contribution >= 4 is 0 Å². The van der Waals surface area contributed by atoms with Crippen LogP contribution in [-0.4, -0.2) is 0 Å². The summed E-state index contributed by atoms with van der Waals surface area (Å²) in [7, 11) is 0. The molecule has 2 aromatic rings. The van der Waals surface area contributed by atoms with Crippen LogP contribution in [0.2, 0.25) is 0 Å². The molecule has 0 spiro atoms. The minimum Gasteiger partial charge on any atom is -0.488 e. The van der Waals surface area contributed by atoms with E-state index in [0.29, 0.717) is 5.56 Å². The van der Waals surface area contributed by atoms with Gasteiger partial charge < -0.3 is 10.5 Å².